The van der Waals surface area contributed by atoms with Gasteiger partial charge < -0.3 is 0 Å². The maximum absolute atomic E-state index is 8.81. The van der Waals surface area contributed by atoms with Crippen LogP contribution in [0.5, 0.6) is 0 Å². The summed E-state index contributed by atoms with van der Waals surface area (Å²) >= 11 is 17.9. The molecule has 2 rings (SSSR count). The smallest absolute Gasteiger partial charge is 0.129 e. The Morgan fingerprint density at radius 1 is 1.06 bits per heavy atom. The summed E-state index contributed by atoms with van der Waals surface area (Å²) in [4.78, 5) is 4.15. The molecule has 90 valence electrons. The van der Waals surface area contributed by atoms with Crippen LogP contribution in [-0.4, -0.2) is 4.98 Å². The highest BCUT2D eigenvalue weighted by atomic mass is 35.5. The Kier molecular flexibility index (Phi) is 4.08. The monoisotopic (exact) mass is 296 g/mol. The summed E-state index contributed by atoms with van der Waals surface area (Å²) in [5, 5.41) is 10.3. The molecule has 1 heterocycles. The second-order valence-electron chi connectivity index (χ2n) is 3.59. The third kappa shape index (κ3) is 2.76. The molecule has 0 fully saturated rings. The highest BCUT2D eigenvalue weighted by molar-refractivity contribution is 6.35. The lowest BCUT2D eigenvalue weighted by Gasteiger charge is -2.09. The van der Waals surface area contributed by atoms with Crippen molar-refractivity contribution in [2.75, 3.05) is 0 Å². The van der Waals surface area contributed by atoms with Crippen molar-refractivity contribution in [3.63, 3.8) is 0 Å². The van der Waals surface area contributed by atoms with Crippen LogP contribution in [0.15, 0.2) is 30.3 Å². The topological polar surface area (TPSA) is 36.7 Å². The van der Waals surface area contributed by atoms with Gasteiger partial charge >= 0.3 is 0 Å². The van der Waals surface area contributed by atoms with E-state index in [0.29, 0.717) is 20.9 Å². The van der Waals surface area contributed by atoms with Crippen molar-refractivity contribution in [2.24, 2.45) is 0 Å². The van der Waals surface area contributed by atoms with Crippen molar-refractivity contribution in [3.8, 4) is 17.2 Å². The van der Waals surface area contributed by atoms with Crippen molar-refractivity contribution in [1.29, 1.82) is 5.26 Å². The Morgan fingerprint density at radius 2 is 1.83 bits per heavy atom. The summed E-state index contributed by atoms with van der Waals surface area (Å²) < 4.78 is 0. The van der Waals surface area contributed by atoms with Gasteiger partial charge in [-0.05, 0) is 30.3 Å². The van der Waals surface area contributed by atoms with Gasteiger partial charge in [-0.3, -0.25) is 0 Å². The summed E-state index contributed by atoms with van der Waals surface area (Å²) in [7, 11) is 0. The van der Waals surface area contributed by atoms with Crippen molar-refractivity contribution >= 4 is 34.8 Å². The quantitative estimate of drug-likeness (QED) is 0.748. The summed E-state index contributed by atoms with van der Waals surface area (Å²) in [6.07, 6.45) is 0.165. The Morgan fingerprint density at radius 3 is 2.56 bits per heavy atom. The van der Waals surface area contributed by atoms with Crippen LogP contribution in [0.3, 0.4) is 0 Å². The van der Waals surface area contributed by atoms with Crippen LogP contribution >= 0.6 is 34.8 Å². The Balaban J connectivity index is 2.63. The molecule has 0 saturated carbocycles. The molecule has 1 aromatic heterocycles. The van der Waals surface area contributed by atoms with Gasteiger partial charge in [0.15, 0.2) is 0 Å². The fraction of sp³-hybridized carbons (Fsp3) is 0.0769. The van der Waals surface area contributed by atoms with Crippen LogP contribution in [-0.2, 0) is 6.42 Å². The average Bonchev–Trinajstić information content (AvgIpc) is 2.33. The minimum Gasteiger partial charge on any atom is -0.239 e. The lowest BCUT2D eigenvalue weighted by atomic mass is 10.0. The highest BCUT2D eigenvalue weighted by Crippen LogP contribution is 2.33. The van der Waals surface area contributed by atoms with Crippen molar-refractivity contribution in [1.82, 2.24) is 4.98 Å². The molecule has 0 unspecified atom stereocenters. The predicted octanol–water partition coefficient (Wildman–Crippen LogP) is 4.77. The van der Waals surface area contributed by atoms with E-state index in [0.717, 1.165) is 11.1 Å². The second kappa shape index (κ2) is 5.58. The Labute approximate surface area is 120 Å². The van der Waals surface area contributed by atoms with Gasteiger partial charge in [0.1, 0.15) is 5.15 Å². The Bertz CT molecular complexity index is 633. The third-order valence-electron chi connectivity index (χ3n) is 2.41. The SMILES string of the molecule is N#CCc1nc(Cl)ccc1-c1cc(Cl)ccc1Cl. The number of pyridine rings is 1. The molecule has 1 aromatic carbocycles. The van der Waals surface area contributed by atoms with Crippen LogP contribution in [0.25, 0.3) is 11.1 Å². The molecule has 0 atom stereocenters. The molecule has 2 aromatic rings. The van der Waals surface area contributed by atoms with Gasteiger partial charge in [-0.25, -0.2) is 4.98 Å². The zero-order chi connectivity index (χ0) is 13.1. The number of aromatic nitrogens is 1. The lowest BCUT2D eigenvalue weighted by molar-refractivity contribution is 1.12. The molecule has 5 heteroatoms. The van der Waals surface area contributed by atoms with Crippen LogP contribution in [0, 0.1) is 11.3 Å². The van der Waals surface area contributed by atoms with E-state index in [1.54, 1.807) is 30.3 Å². The molecule has 0 aliphatic rings. The fourth-order valence-corrected chi connectivity index (χ4v) is 2.19. The van der Waals surface area contributed by atoms with Crippen LogP contribution in [0.2, 0.25) is 15.2 Å². The number of benzene rings is 1. The molecule has 0 spiro atoms. The summed E-state index contributed by atoms with van der Waals surface area (Å²) in [6, 6.07) is 10.7. The van der Waals surface area contributed by atoms with Crippen LogP contribution < -0.4 is 0 Å². The number of halogens is 3. The van der Waals surface area contributed by atoms with E-state index in [2.05, 4.69) is 11.1 Å². The minimum atomic E-state index is 0.165. The molecule has 0 aliphatic heterocycles. The average molecular weight is 298 g/mol. The highest BCUT2D eigenvalue weighted by Gasteiger charge is 2.11. The van der Waals surface area contributed by atoms with Gasteiger partial charge in [0, 0.05) is 21.2 Å². The van der Waals surface area contributed by atoms with Gasteiger partial charge in [-0.15, -0.1) is 0 Å². The first-order chi connectivity index (χ1) is 8.61. The first-order valence-electron chi connectivity index (χ1n) is 5.09. The summed E-state index contributed by atoms with van der Waals surface area (Å²) in [5.74, 6) is 0. The van der Waals surface area contributed by atoms with Crippen molar-refractivity contribution < 1.29 is 0 Å². The molecule has 0 radical (unpaired) electrons. The third-order valence-corrected chi connectivity index (χ3v) is 3.18. The maximum Gasteiger partial charge on any atom is 0.129 e. The zero-order valence-corrected chi connectivity index (χ0v) is 11.4. The number of hydrogen-bond donors (Lipinski definition) is 0. The van der Waals surface area contributed by atoms with E-state index in [9.17, 15) is 0 Å². The van der Waals surface area contributed by atoms with E-state index in [1.165, 1.54) is 0 Å². The predicted molar refractivity (Wildman–Crippen MR) is 74.0 cm³/mol. The van der Waals surface area contributed by atoms with Gasteiger partial charge in [0.25, 0.3) is 0 Å². The second-order valence-corrected chi connectivity index (χ2v) is 4.82. The molecule has 2 nitrogen and oxygen atoms in total. The normalized spacial score (nSPS) is 10.1. The van der Waals surface area contributed by atoms with E-state index in [1.807, 2.05) is 0 Å². The van der Waals surface area contributed by atoms with Gasteiger partial charge in [0.05, 0.1) is 18.2 Å². The van der Waals surface area contributed by atoms with Gasteiger partial charge in [0.2, 0.25) is 0 Å². The molecule has 0 amide bonds. The molecule has 0 bridgehead atoms. The standard InChI is InChI=1S/C13H7Cl3N2/c14-8-1-3-11(15)10(7-8)9-2-4-13(16)18-12(9)5-6-17/h1-4,7H,5H2. The lowest BCUT2D eigenvalue weighted by Crippen LogP contribution is -1.94. The largest absolute Gasteiger partial charge is 0.239 e. The van der Waals surface area contributed by atoms with Gasteiger partial charge in [-0.1, -0.05) is 34.8 Å². The molecule has 18 heavy (non-hydrogen) atoms. The molecular formula is C13H7Cl3N2. The summed E-state index contributed by atoms with van der Waals surface area (Å²) in [6.45, 7) is 0. The number of nitrogens with zero attached hydrogens (tertiary/aromatic N) is 2. The molecule has 0 N–H and O–H groups in total. The van der Waals surface area contributed by atoms with Crippen LogP contribution in [0.4, 0.5) is 0 Å². The first-order valence-corrected chi connectivity index (χ1v) is 6.23. The molecular weight excluding hydrogens is 291 g/mol. The molecule has 0 aliphatic carbocycles. The van der Waals surface area contributed by atoms with Crippen molar-refractivity contribution in [3.05, 3.63) is 51.2 Å². The number of rotatable bonds is 2. The van der Waals surface area contributed by atoms with E-state index in [4.69, 9.17) is 40.1 Å². The van der Waals surface area contributed by atoms with E-state index < -0.39 is 0 Å². The molecule has 0 saturated heterocycles. The number of hydrogen-bond acceptors (Lipinski definition) is 2. The first kappa shape index (κ1) is 13.2. The fourth-order valence-electron chi connectivity index (χ4n) is 1.63. The van der Waals surface area contributed by atoms with E-state index in [-0.39, 0.29) is 6.42 Å². The van der Waals surface area contributed by atoms with E-state index >= 15 is 0 Å². The number of nitriles is 1. The summed E-state index contributed by atoms with van der Waals surface area (Å²) in [5.41, 5.74) is 2.11. The van der Waals surface area contributed by atoms with Crippen LogP contribution in [0.1, 0.15) is 5.69 Å². The zero-order valence-electron chi connectivity index (χ0n) is 9.12. The Hall–Kier alpha value is -1.27. The van der Waals surface area contributed by atoms with Gasteiger partial charge in [-0.2, -0.15) is 5.26 Å². The maximum atomic E-state index is 8.81. The minimum absolute atomic E-state index is 0.165. The van der Waals surface area contributed by atoms with Crippen molar-refractivity contribution in [2.45, 2.75) is 6.42 Å².